The van der Waals surface area contributed by atoms with Crippen LogP contribution in [0.15, 0.2) is 132 Å². The summed E-state index contributed by atoms with van der Waals surface area (Å²) in [5, 5.41) is 4.61. The van der Waals surface area contributed by atoms with Crippen molar-refractivity contribution < 1.29 is 8.85 Å². The lowest BCUT2D eigenvalue weighted by molar-refractivity contribution is 0.168. The number of nitrogens with one attached hydrogen (secondary N) is 1. The molecule has 1 aliphatic rings. The van der Waals surface area contributed by atoms with Crippen LogP contribution in [-0.2, 0) is 8.85 Å². The van der Waals surface area contributed by atoms with Crippen LogP contribution in [0.5, 0.6) is 0 Å². The van der Waals surface area contributed by atoms with Crippen LogP contribution in [0, 0.1) is 5.92 Å². The van der Waals surface area contributed by atoms with Crippen LogP contribution in [-0.4, -0.2) is 54.6 Å². The molecule has 0 spiro atoms. The van der Waals surface area contributed by atoms with E-state index in [0.717, 1.165) is 0 Å². The van der Waals surface area contributed by atoms with Crippen LogP contribution in [0.4, 0.5) is 5.95 Å². The molecular formula is C42H49N5O3SSi2. The number of thioether (sulfide) groups is 1. The molecule has 1 aliphatic heterocycles. The molecule has 1 fully saturated rings. The maximum Gasteiger partial charge on any atom is 0.280 e. The van der Waals surface area contributed by atoms with Crippen LogP contribution in [0.2, 0.25) is 10.1 Å². The van der Waals surface area contributed by atoms with Crippen molar-refractivity contribution in [2.75, 3.05) is 18.9 Å². The Hall–Kier alpha value is -4.27. The molecule has 7 rings (SSSR count). The van der Waals surface area contributed by atoms with Gasteiger partial charge in [-0.05, 0) is 30.8 Å². The predicted molar refractivity (Wildman–Crippen MR) is 224 cm³/mol. The van der Waals surface area contributed by atoms with Crippen molar-refractivity contribution in [3.8, 4) is 0 Å². The summed E-state index contributed by atoms with van der Waals surface area (Å²) in [5.74, 6) is 0.0832. The topological polar surface area (TPSA) is 108 Å². The Morgan fingerprint density at radius 1 is 0.698 bits per heavy atom. The molecular weight excluding hydrogens is 711 g/mol. The van der Waals surface area contributed by atoms with Crippen molar-refractivity contribution in [2.45, 2.75) is 62.2 Å². The molecule has 0 aliphatic carbocycles. The summed E-state index contributed by atoms with van der Waals surface area (Å²) in [6.07, 6.45) is 1.72. The van der Waals surface area contributed by atoms with Crippen molar-refractivity contribution in [1.29, 1.82) is 0 Å². The van der Waals surface area contributed by atoms with Crippen LogP contribution < -0.4 is 32.0 Å². The van der Waals surface area contributed by atoms with Gasteiger partial charge in [0.05, 0.1) is 11.7 Å². The molecule has 4 aromatic carbocycles. The third-order valence-corrected chi connectivity index (χ3v) is 22.4. The second-order valence-electron chi connectivity index (χ2n) is 16.0. The third-order valence-electron chi connectivity index (χ3n) is 10.7. The number of H-pyrrole nitrogens is 1. The Labute approximate surface area is 318 Å². The first-order chi connectivity index (χ1) is 25.4. The van der Waals surface area contributed by atoms with Gasteiger partial charge in [-0.15, -0.1) is 11.8 Å². The number of anilines is 1. The van der Waals surface area contributed by atoms with E-state index < -0.39 is 16.6 Å². The molecule has 1 saturated heterocycles. The van der Waals surface area contributed by atoms with E-state index in [1.807, 2.05) is 16.3 Å². The van der Waals surface area contributed by atoms with Gasteiger partial charge in [-0.25, -0.2) is 4.98 Å². The van der Waals surface area contributed by atoms with Gasteiger partial charge in [-0.1, -0.05) is 163 Å². The van der Waals surface area contributed by atoms with E-state index in [4.69, 9.17) is 14.6 Å². The van der Waals surface area contributed by atoms with E-state index in [9.17, 15) is 4.79 Å². The minimum Gasteiger partial charge on any atom is -0.407 e. The number of nitrogen functional groups attached to an aromatic ring is 1. The minimum atomic E-state index is -2.86. The standard InChI is InChI=1S/C42H49N5O3SSi2/c1-41(2,3)52(30-19-11-7-12-20-30,31-21-13-8-14-22-31)49-27-34-35(51-39(34)47-29-44-36-37(47)45-40(43)46-38(36)48)28-50-53(42(4,5)6,32-23-15-9-16-24-32)33-25-17-10-18-26-33/h7-26,29,34-35,39H,27-28H2,1-6H3,(H3,43,45,46,48)/t34-,35-,39?/m1/s1. The summed E-state index contributed by atoms with van der Waals surface area (Å²) in [5.41, 5.74) is 6.47. The Morgan fingerprint density at radius 3 is 1.53 bits per heavy atom. The molecule has 274 valence electrons. The summed E-state index contributed by atoms with van der Waals surface area (Å²) in [6.45, 7) is 14.9. The number of aromatic nitrogens is 4. The van der Waals surface area contributed by atoms with E-state index in [-0.39, 0.29) is 43.6 Å². The second kappa shape index (κ2) is 14.5. The SMILES string of the molecule is CC(C)(C)[Si](OC[C@H]1SC(n2cnc3c(=O)[nH]c(N)nc32)[C@@H]1CO[Si](c1ccccc1)(c1ccccc1)C(C)(C)C)(c1ccccc1)c1ccccc1. The first-order valence-electron chi connectivity index (χ1n) is 18.2. The highest BCUT2D eigenvalue weighted by molar-refractivity contribution is 8.01. The quantitative estimate of drug-likeness (QED) is 0.154. The molecule has 0 radical (unpaired) electrons. The molecule has 53 heavy (non-hydrogen) atoms. The molecule has 3 heterocycles. The maximum atomic E-state index is 12.9. The molecule has 0 bridgehead atoms. The zero-order valence-corrected chi connectivity index (χ0v) is 34.1. The van der Waals surface area contributed by atoms with Gasteiger partial charge in [0.25, 0.3) is 22.2 Å². The first-order valence-corrected chi connectivity index (χ1v) is 23.0. The average molecular weight is 760 g/mol. The van der Waals surface area contributed by atoms with E-state index in [0.29, 0.717) is 18.9 Å². The summed E-state index contributed by atoms with van der Waals surface area (Å²) in [7, 11) is -5.67. The molecule has 6 aromatic rings. The summed E-state index contributed by atoms with van der Waals surface area (Å²) < 4.78 is 17.1. The lowest BCUT2D eigenvalue weighted by atomic mass is 10.0. The van der Waals surface area contributed by atoms with Crippen LogP contribution in [0.1, 0.15) is 46.9 Å². The Bertz CT molecular complexity index is 2130. The fourth-order valence-electron chi connectivity index (χ4n) is 8.18. The Kier molecular flexibility index (Phi) is 10.2. The number of imidazole rings is 1. The zero-order valence-electron chi connectivity index (χ0n) is 31.3. The molecule has 0 saturated carbocycles. The fourth-order valence-corrected chi connectivity index (χ4v) is 18.9. The second-order valence-corrected chi connectivity index (χ2v) is 25.9. The monoisotopic (exact) mass is 759 g/mol. The zero-order chi connectivity index (χ0) is 37.4. The van der Waals surface area contributed by atoms with Crippen molar-refractivity contribution in [3.63, 3.8) is 0 Å². The predicted octanol–water partition coefficient (Wildman–Crippen LogP) is 6.09. The third kappa shape index (κ3) is 6.63. The number of nitrogens with zero attached hydrogens (tertiary/aromatic N) is 3. The smallest absolute Gasteiger partial charge is 0.280 e. The van der Waals surface area contributed by atoms with Crippen LogP contribution in [0.25, 0.3) is 11.2 Å². The number of aromatic amines is 1. The Balaban J connectivity index is 1.31. The highest BCUT2D eigenvalue weighted by Crippen LogP contribution is 2.53. The van der Waals surface area contributed by atoms with Gasteiger partial charge >= 0.3 is 0 Å². The van der Waals surface area contributed by atoms with Crippen molar-refractivity contribution in [2.24, 2.45) is 5.92 Å². The number of benzene rings is 4. The first kappa shape index (κ1) is 37.1. The molecule has 3 N–H and O–H groups in total. The number of nitrogens with two attached hydrogens (primary N) is 1. The van der Waals surface area contributed by atoms with Crippen LogP contribution >= 0.6 is 11.8 Å². The summed E-state index contributed by atoms with van der Waals surface area (Å²) in [6, 6.07) is 43.0. The van der Waals surface area contributed by atoms with Crippen molar-refractivity contribution in [1.82, 2.24) is 19.5 Å². The molecule has 3 atom stereocenters. The van der Waals surface area contributed by atoms with Gasteiger partial charge in [0.1, 0.15) is 0 Å². The number of rotatable bonds is 11. The van der Waals surface area contributed by atoms with Crippen LogP contribution in [0.3, 0.4) is 0 Å². The van der Waals surface area contributed by atoms with E-state index >= 15 is 0 Å². The van der Waals surface area contributed by atoms with E-state index in [2.05, 4.69) is 178 Å². The van der Waals surface area contributed by atoms with Gasteiger partial charge in [0.2, 0.25) is 5.95 Å². The Morgan fingerprint density at radius 2 is 1.11 bits per heavy atom. The van der Waals surface area contributed by atoms with Gasteiger partial charge in [0, 0.05) is 24.4 Å². The number of fused-ring (bicyclic) bond motifs is 1. The van der Waals surface area contributed by atoms with E-state index in [1.165, 1.54) is 20.7 Å². The van der Waals surface area contributed by atoms with Crippen molar-refractivity contribution >= 4 is 66.3 Å². The van der Waals surface area contributed by atoms with Gasteiger partial charge in [-0.2, -0.15) is 4.98 Å². The van der Waals surface area contributed by atoms with Gasteiger partial charge < -0.3 is 19.2 Å². The number of hydrogen-bond donors (Lipinski definition) is 2. The maximum absolute atomic E-state index is 12.9. The normalized spacial score (nSPS) is 18.2. The highest BCUT2D eigenvalue weighted by atomic mass is 32.2. The molecule has 1 unspecified atom stereocenters. The molecule has 11 heteroatoms. The average Bonchev–Trinajstić information content (AvgIpc) is 3.55. The summed E-state index contributed by atoms with van der Waals surface area (Å²) in [4.78, 5) is 24.5. The largest absolute Gasteiger partial charge is 0.407 e. The van der Waals surface area contributed by atoms with Crippen molar-refractivity contribution in [3.05, 3.63) is 138 Å². The fraction of sp³-hybridized carbons (Fsp3) is 0.310. The highest BCUT2D eigenvalue weighted by Gasteiger charge is 2.55. The van der Waals surface area contributed by atoms with Gasteiger partial charge in [-0.3, -0.25) is 9.78 Å². The summed E-state index contributed by atoms with van der Waals surface area (Å²) >= 11 is 1.82. The minimum absolute atomic E-state index is 0.0135. The van der Waals surface area contributed by atoms with Gasteiger partial charge in [0.15, 0.2) is 11.2 Å². The number of hydrogen-bond acceptors (Lipinski definition) is 7. The lowest BCUT2D eigenvalue weighted by Gasteiger charge is -2.50. The molecule has 8 nitrogen and oxygen atoms in total. The lowest BCUT2D eigenvalue weighted by Crippen LogP contribution is -2.68. The molecule has 0 amide bonds. The molecule has 2 aromatic heterocycles. The van der Waals surface area contributed by atoms with E-state index in [1.54, 1.807) is 6.33 Å².